The summed E-state index contributed by atoms with van der Waals surface area (Å²) in [5, 5.41) is 6.75. The molecule has 1 aliphatic rings. The van der Waals surface area contributed by atoms with Crippen LogP contribution < -0.4 is 10.6 Å². The number of carbonyl (C=O) groups is 1. The number of likely N-dealkylation sites (tertiary alicyclic amines) is 1. The van der Waals surface area contributed by atoms with Gasteiger partial charge in [0.2, 0.25) is 0 Å². The number of carbonyl (C=O) groups excluding carboxylic acids is 1. The van der Waals surface area contributed by atoms with E-state index < -0.39 is 0 Å². The lowest BCUT2D eigenvalue weighted by atomic mass is 10.1. The van der Waals surface area contributed by atoms with E-state index in [4.69, 9.17) is 4.99 Å². The van der Waals surface area contributed by atoms with Crippen molar-refractivity contribution in [2.24, 2.45) is 4.99 Å². The van der Waals surface area contributed by atoms with Crippen molar-refractivity contribution in [2.75, 3.05) is 53.4 Å². The lowest BCUT2D eigenvalue weighted by Crippen LogP contribution is -2.38. The maximum atomic E-state index is 12.1. The normalized spacial score (nSPS) is 15.6. The third-order valence-electron chi connectivity index (χ3n) is 5.23. The summed E-state index contributed by atoms with van der Waals surface area (Å²) >= 11 is 0. The molecule has 0 aromatic heterocycles. The first-order valence-corrected chi connectivity index (χ1v) is 11.1. The molecule has 0 bridgehead atoms. The standard InChI is InChI=1S/C23H39N5O/c1-4-24-23(25-14-10-18-28-16-7-5-6-8-17-28)26-15-13-20-11-9-12-21(19-20)22(29)27(2)3/h9,11-12,19H,4-8,10,13-18H2,1-3H3,(H2,24,25,26). The zero-order valence-corrected chi connectivity index (χ0v) is 18.5. The van der Waals surface area contributed by atoms with E-state index in [0.717, 1.165) is 56.1 Å². The number of amides is 1. The lowest BCUT2D eigenvalue weighted by Gasteiger charge is -2.19. The minimum absolute atomic E-state index is 0.0409. The fraction of sp³-hybridized carbons (Fsp3) is 0.652. The molecule has 29 heavy (non-hydrogen) atoms. The Morgan fingerprint density at radius 3 is 2.59 bits per heavy atom. The van der Waals surface area contributed by atoms with E-state index in [9.17, 15) is 4.79 Å². The Kier molecular flexibility index (Phi) is 10.6. The number of rotatable bonds is 9. The van der Waals surface area contributed by atoms with Gasteiger partial charge in [0.1, 0.15) is 0 Å². The van der Waals surface area contributed by atoms with Gasteiger partial charge in [-0.2, -0.15) is 0 Å². The second-order valence-electron chi connectivity index (χ2n) is 7.95. The summed E-state index contributed by atoms with van der Waals surface area (Å²) in [4.78, 5) is 21.0. The van der Waals surface area contributed by atoms with Gasteiger partial charge in [-0.1, -0.05) is 25.0 Å². The molecule has 1 fully saturated rings. The Hall–Kier alpha value is -2.08. The predicted octanol–water partition coefficient (Wildman–Crippen LogP) is 2.75. The number of guanidine groups is 1. The van der Waals surface area contributed by atoms with Crippen LogP contribution >= 0.6 is 0 Å². The molecule has 0 atom stereocenters. The molecule has 2 N–H and O–H groups in total. The first kappa shape index (κ1) is 23.2. The maximum Gasteiger partial charge on any atom is 0.253 e. The number of aliphatic imine (C=N–C) groups is 1. The first-order chi connectivity index (χ1) is 14.1. The largest absolute Gasteiger partial charge is 0.357 e. The molecule has 6 heteroatoms. The SMILES string of the molecule is CCNC(=NCCCN1CCCCCC1)NCCc1cccc(C(=O)N(C)C)c1. The Morgan fingerprint density at radius 1 is 1.14 bits per heavy atom. The zero-order valence-electron chi connectivity index (χ0n) is 18.5. The summed E-state index contributed by atoms with van der Waals surface area (Å²) in [6, 6.07) is 7.87. The van der Waals surface area contributed by atoms with Gasteiger partial charge in [0.15, 0.2) is 5.96 Å². The molecule has 0 aliphatic carbocycles. The highest BCUT2D eigenvalue weighted by Crippen LogP contribution is 2.10. The lowest BCUT2D eigenvalue weighted by molar-refractivity contribution is 0.0827. The van der Waals surface area contributed by atoms with E-state index in [1.54, 1.807) is 19.0 Å². The van der Waals surface area contributed by atoms with Crippen LogP contribution in [0.3, 0.4) is 0 Å². The second-order valence-corrected chi connectivity index (χ2v) is 7.95. The monoisotopic (exact) mass is 401 g/mol. The summed E-state index contributed by atoms with van der Waals surface area (Å²) in [6.45, 7) is 8.22. The molecule has 0 radical (unpaired) electrons. The van der Waals surface area contributed by atoms with Crippen LogP contribution in [0, 0.1) is 0 Å². The van der Waals surface area contributed by atoms with Crippen LogP contribution in [-0.2, 0) is 6.42 Å². The van der Waals surface area contributed by atoms with Gasteiger partial charge in [-0.15, -0.1) is 0 Å². The molecule has 0 saturated carbocycles. The van der Waals surface area contributed by atoms with Crippen molar-refractivity contribution in [2.45, 2.75) is 45.4 Å². The minimum atomic E-state index is 0.0409. The van der Waals surface area contributed by atoms with Gasteiger partial charge in [-0.3, -0.25) is 9.79 Å². The Bertz CT molecular complexity index is 636. The van der Waals surface area contributed by atoms with Crippen LogP contribution in [0.25, 0.3) is 0 Å². The minimum Gasteiger partial charge on any atom is -0.357 e. The van der Waals surface area contributed by atoms with Crippen LogP contribution in [0.4, 0.5) is 0 Å². The summed E-state index contributed by atoms with van der Waals surface area (Å²) in [7, 11) is 3.56. The van der Waals surface area contributed by atoms with E-state index in [1.165, 1.54) is 38.8 Å². The smallest absolute Gasteiger partial charge is 0.253 e. The summed E-state index contributed by atoms with van der Waals surface area (Å²) in [6.07, 6.45) is 7.41. The average Bonchev–Trinajstić information content (AvgIpc) is 2.99. The van der Waals surface area contributed by atoms with Gasteiger partial charge in [-0.25, -0.2) is 0 Å². The molecule has 1 saturated heterocycles. The molecule has 2 rings (SSSR count). The number of hydrogen-bond donors (Lipinski definition) is 2. The molecule has 6 nitrogen and oxygen atoms in total. The van der Waals surface area contributed by atoms with E-state index >= 15 is 0 Å². The molecule has 1 aromatic carbocycles. The molecule has 1 amide bonds. The third-order valence-corrected chi connectivity index (χ3v) is 5.23. The van der Waals surface area contributed by atoms with Gasteiger partial charge < -0.3 is 20.4 Å². The van der Waals surface area contributed by atoms with Crippen LogP contribution in [-0.4, -0.2) is 75.0 Å². The molecular weight excluding hydrogens is 362 g/mol. The Morgan fingerprint density at radius 2 is 1.90 bits per heavy atom. The van der Waals surface area contributed by atoms with Gasteiger partial charge >= 0.3 is 0 Å². The first-order valence-electron chi connectivity index (χ1n) is 11.1. The second kappa shape index (κ2) is 13.2. The highest BCUT2D eigenvalue weighted by atomic mass is 16.2. The molecular formula is C23H39N5O. The van der Waals surface area contributed by atoms with Crippen molar-refractivity contribution in [1.82, 2.24) is 20.4 Å². The Balaban J connectivity index is 1.76. The number of nitrogens with one attached hydrogen (secondary N) is 2. The molecule has 0 unspecified atom stereocenters. The third kappa shape index (κ3) is 8.86. The van der Waals surface area contributed by atoms with Gasteiger partial charge in [0.05, 0.1) is 0 Å². The summed E-state index contributed by atoms with van der Waals surface area (Å²) in [5.41, 5.74) is 1.89. The van der Waals surface area contributed by atoms with Crippen molar-refractivity contribution >= 4 is 11.9 Å². The topological polar surface area (TPSA) is 60.0 Å². The van der Waals surface area contributed by atoms with Crippen LogP contribution in [0.2, 0.25) is 0 Å². The van der Waals surface area contributed by atoms with Crippen LogP contribution in [0.5, 0.6) is 0 Å². The molecule has 0 spiro atoms. The van der Waals surface area contributed by atoms with E-state index in [1.807, 2.05) is 18.2 Å². The molecule has 162 valence electrons. The van der Waals surface area contributed by atoms with Gasteiger partial charge in [0.25, 0.3) is 5.91 Å². The quantitative estimate of drug-likeness (QED) is 0.379. The van der Waals surface area contributed by atoms with Crippen molar-refractivity contribution < 1.29 is 4.79 Å². The van der Waals surface area contributed by atoms with Gasteiger partial charge in [0, 0.05) is 39.3 Å². The van der Waals surface area contributed by atoms with E-state index in [2.05, 4.69) is 28.5 Å². The summed E-state index contributed by atoms with van der Waals surface area (Å²) < 4.78 is 0. The highest BCUT2D eigenvalue weighted by molar-refractivity contribution is 5.94. The molecule has 1 aliphatic heterocycles. The van der Waals surface area contributed by atoms with Gasteiger partial charge in [-0.05, 0) is 69.9 Å². The number of nitrogens with zero attached hydrogens (tertiary/aromatic N) is 3. The van der Waals surface area contributed by atoms with Crippen molar-refractivity contribution in [3.63, 3.8) is 0 Å². The van der Waals surface area contributed by atoms with Crippen LogP contribution in [0.15, 0.2) is 29.3 Å². The van der Waals surface area contributed by atoms with Crippen molar-refractivity contribution in [3.8, 4) is 0 Å². The fourth-order valence-electron chi connectivity index (χ4n) is 3.63. The number of hydrogen-bond acceptors (Lipinski definition) is 3. The van der Waals surface area contributed by atoms with Crippen LogP contribution in [0.1, 0.15) is 54.9 Å². The van der Waals surface area contributed by atoms with E-state index in [0.29, 0.717) is 0 Å². The van der Waals surface area contributed by atoms with Crippen molar-refractivity contribution in [1.29, 1.82) is 0 Å². The van der Waals surface area contributed by atoms with E-state index in [-0.39, 0.29) is 5.91 Å². The zero-order chi connectivity index (χ0) is 20.9. The fourth-order valence-corrected chi connectivity index (χ4v) is 3.63. The average molecular weight is 402 g/mol. The summed E-state index contributed by atoms with van der Waals surface area (Å²) in [5.74, 6) is 0.919. The molecule has 1 heterocycles. The highest BCUT2D eigenvalue weighted by Gasteiger charge is 2.09. The number of benzene rings is 1. The van der Waals surface area contributed by atoms with Crippen molar-refractivity contribution in [3.05, 3.63) is 35.4 Å². The Labute approximate surface area is 176 Å². The molecule has 1 aromatic rings. The maximum absolute atomic E-state index is 12.1. The predicted molar refractivity (Wildman–Crippen MR) is 122 cm³/mol.